The average molecular weight is 149 g/mol. The van der Waals surface area contributed by atoms with Gasteiger partial charge in [0.2, 0.25) is 0 Å². The van der Waals surface area contributed by atoms with E-state index in [1.807, 2.05) is 18.2 Å². The first-order chi connectivity index (χ1) is 5.38. The van der Waals surface area contributed by atoms with Gasteiger partial charge in [-0.3, -0.25) is 0 Å². The Hall–Kier alpha value is -1.02. The third-order valence-corrected chi connectivity index (χ3v) is 2.14. The molecule has 0 saturated carbocycles. The molecule has 0 unspecified atom stereocenters. The molecule has 58 valence electrons. The first-order valence-electron chi connectivity index (χ1n) is 3.89. The van der Waals surface area contributed by atoms with Gasteiger partial charge in [0, 0.05) is 11.6 Å². The second kappa shape index (κ2) is 2.55. The van der Waals surface area contributed by atoms with Crippen molar-refractivity contribution in [3.05, 3.63) is 29.8 Å². The van der Waals surface area contributed by atoms with E-state index in [1.54, 1.807) is 6.07 Å². The quantitative estimate of drug-likeness (QED) is 0.633. The van der Waals surface area contributed by atoms with E-state index in [9.17, 15) is 5.11 Å². The second-order valence-corrected chi connectivity index (χ2v) is 2.85. The summed E-state index contributed by atoms with van der Waals surface area (Å²) in [5.74, 6) is 0.407. The van der Waals surface area contributed by atoms with E-state index in [0.29, 0.717) is 11.8 Å². The van der Waals surface area contributed by atoms with Crippen molar-refractivity contribution in [1.29, 1.82) is 0 Å². The highest BCUT2D eigenvalue weighted by molar-refractivity contribution is 5.35. The van der Waals surface area contributed by atoms with E-state index in [2.05, 4.69) is 5.32 Å². The topological polar surface area (TPSA) is 32.3 Å². The average Bonchev–Trinajstić information content (AvgIpc) is 1.90. The number of benzene rings is 1. The zero-order chi connectivity index (χ0) is 7.68. The van der Waals surface area contributed by atoms with Gasteiger partial charge < -0.3 is 10.4 Å². The van der Waals surface area contributed by atoms with E-state index in [4.69, 9.17) is 0 Å². The normalized spacial score (nSPS) is 22.7. The Morgan fingerprint density at radius 2 is 2.09 bits per heavy atom. The number of rotatable bonds is 1. The third-order valence-electron chi connectivity index (χ3n) is 2.14. The maximum atomic E-state index is 9.41. The minimum atomic E-state index is 0.385. The summed E-state index contributed by atoms with van der Waals surface area (Å²) < 4.78 is 0. The van der Waals surface area contributed by atoms with Crippen molar-refractivity contribution < 1.29 is 5.11 Å². The summed E-state index contributed by atoms with van der Waals surface area (Å²) in [6.45, 7) is 1.07. The van der Waals surface area contributed by atoms with E-state index < -0.39 is 0 Å². The Kier molecular flexibility index (Phi) is 1.55. The molecule has 0 amide bonds. The van der Waals surface area contributed by atoms with Crippen LogP contribution in [0.1, 0.15) is 18.0 Å². The molecule has 1 atom stereocenters. The smallest absolute Gasteiger partial charge is 0.120 e. The summed E-state index contributed by atoms with van der Waals surface area (Å²) in [7, 11) is 0. The van der Waals surface area contributed by atoms with Crippen LogP contribution in [0.3, 0.4) is 0 Å². The fourth-order valence-electron chi connectivity index (χ4n) is 1.34. The fourth-order valence-corrected chi connectivity index (χ4v) is 1.34. The number of hydrogen-bond acceptors (Lipinski definition) is 2. The zero-order valence-corrected chi connectivity index (χ0v) is 6.25. The van der Waals surface area contributed by atoms with Crippen molar-refractivity contribution in [3.63, 3.8) is 0 Å². The van der Waals surface area contributed by atoms with Gasteiger partial charge in [0.15, 0.2) is 0 Å². The Labute approximate surface area is 65.9 Å². The molecule has 1 fully saturated rings. The van der Waals surface area contributed by atoms with E-state index in [-0.39, 0.29) is 0 Å². The van der Waals surface area contributed by atoms with Gasteiger partial charge >= 0.3 is 0 Å². The molecule has 0 radical (unpaired) electrons. The van der Waals surface area contributed by atoms with Crippen molar-refractivity contribution in [3.8, 4) is 5.75 Å². The molecule has 2 heteroatoms. The highest BCUT2D eigenvalue weighted by Crippen LogP contribution is 2.29. The number of phenolic OH excluding ortho intramolecular Hbond substituents is 1. The molecule has 11 heavy (non-hydrogen) atoms. The molecule has 2 nitrogen and oxygen atoms in total. The Bertz CT molecular complexity index is 255. The highest BCUT2D eigenvalue weighted by atomic mass is 16.3. The summed E-state index contributed by atoms with van der Waals surface area (Å²) in [6, 6.07) is 7.88. The van der Waals surface area contributed by atoms with Crippen LogP contribution in [-0.2, 0) is 0 Å². The van der Waals surface area contributed by atoms with Crippen molar-refractivity contribution >= 4 is 0 Å². The number of nitrogens with one attached hydrogen (secondary N) is 1. The minimum Gasteiger partial charge on any atom is -0.508 e. The van der Waals surface area contributed by atoms with Crippen molar-refractivity contribution in [2.24, 2.45) is 0 Å². The van der Waals surface area contributed by atoms with Gasteiger partial charge in [0.25, 0.3) is 0 Å². The van der Waals surface area contributed by atoms with Crippen LogP contribution in [0.25, 0.3) is 0 Å². The number of phenols is 1. The Balaban J connectivity index is 2.28. The van der Waals surface area contributed by atoms with E-state index in [1.165, 1.54) is 0 Å². The number of aromatic hydroxyl groups is 1. The maximum absolute atomic E-state index is 9.41. The van der Waals surface area contributed by atoms with Crippen molar-refractivity contribution in [1.82, 2.24) is 5.32 Å². The SMILES string of the molecule is Oc1ccccc1[C@H]1CCN1. The molecular formula is C9H11NO. The standard InChI is InChI=1S/C9H11NO/c11-9-4-2-1-3-7(9)8-5-6-10-8/h1-4,8,10-11H,5-6H2/t8-/m1/s1. The van der Waals surface area contributed by atoms with Crippen LogP contribution in [0.4, 0.5) is 0 Å². The van der Waals surface area contributed by atoms with Crippen LogP contribution < -0.4 is 5.32 Å². The summed E-state index contributed by atoms with van der Waals surface area (Å²) in [5, 5.41) is 12.6. The minimum absolute atomic E-state index is 0.385. The predicted molar refractivity (Wildman–Crippen MR) is 43.5 cm³/mol. The van der Waals surface area contributed by atoms with Gasteiger partial charge in [0.05, 0.1) is 0 Å². The van der Waals surface area contributed by atoms with Crippen molar-refractivity contribution in [2.75, 3.05) is 6.54 Å². The molecule has 0 spiro atoms. The molecule has 1 aromatic carbocycles. The van der Waals surface area contributed by atoms with Crippen LogP contribution >= 0.6 is 0 Å². The van der Waals surface area contributed by atoms with Crippen LogP contribution in [-0.4, -0.2) is 11.7 Å². The van der Waals surface area contributed by atoms with Crippen LogP contribution in [0, 0.1) is 0 Å². The fraction of sp³-hybridized carbons (Fsp3) is 0.333. The molecule has 1 heterocycles. The van der Waals surface area contributed by atoms with E-state index in [0.717, 1.165) is 18.5 Å². The Morgan fingerprint density at radius 3 is 2.64 bits per heavy atom. The highest BCUT2D eigenvalue weighted by Gasteiger charge is 2.20. The van der Waals surface area contributed by atoms with E-state index >= 15 is 0 Å². The van der Waals surface area contributed by atoms with Crippen LogP contribution in [0.2, 0.25) is 0 Å². The molecule has 2 rings (SSSR count). The molecule has 2 N–H and O–H groups in total. The first-order valence-corrected chi connectivity index (χ1v) is 3.89. The predicted octanol–water partition coefficient (Wildman–Crippen LogP) is 1.43. The molecular weight excluding hydrogens is 138 g/mol. The molecule has 0 aliphatic carbocycles. The lowest BCUT2D eigenvalue weighted by atomic mass is 9.97. The Morgan fingerprint density at radius 1 is 1.36 bits per heavy atom. The zero-order valence-electron chi connectivity index (χ0n) is 6.25. The molecule has 1 saturated heterocycles. The largest absolute Gasteiger partial charge is 0.508 e. The number of hydrogen-bond donors (Lipinski definition) is 2. The molecule has 1 aromatic rings. The van der Waals surface area contributed by atoms with Crippen molar-refractivity contribution in [2.45, 2.75) is 12.5 Å². The first kappa shape index (κ1) is 6.68. The van der Waals surface area contributed by atoms with Gasteiger partial charge in [-0.2, -0.15) is 0 Å². The molecule has 0 aromatic heterocycles. The maximum Gasteiger partial charge on any atom is 0.120 e. The molecule has 1 aliphatic heterocycles. The monoisotopic (exact) mass is 149 g/mol. The summed E-state index contributed by atoms with van der Waals surface area (Å²) in [4.78, 5) is 0. The van der Waals surface area contributed by atoms with Gasteiger partial charge in [-0.25, -0.2) is 0 Å². The summed E-state index contributed by atoms with van der Waals surface area (Å²) in [5.41, 5.74) is 1.03. The van der Waals surface area contributed by atoms with Gasteiger partial charge in [-0.05, 0) is 19.0 Å². The third kappa shape index (κ3) is 1.10. The molecule has 1 aliphatic rings. The second-order valence-electron chi connectivity index (χ2n) is 2.85. The lowest BCUT2D eigenvalue weighted by Crippen LogP contribution is -2.34. The number of para-hydroxylation sites is 1. The van der Waals surface area contributed by atoms with Gasteiger partial charge in [-0.1, -0.05) is 18.2 Å². The van der Waals surface area contributed by atoms with Crippen LogP contribution in [0.5, 0.6) is 5.75 Å². The van der Waals surface area contributed by atoms with Gasteiger partial charge in [0.1, 0.15) is 5.75 Å². The summed E-state index contributed by atoms with van der Waals surface area (Å²) >= 11 is 0. The van der Waals surface area contributed by atoms with Gasteiger partial charge in [-0.15, -0.1) is 0 Å². The molecule has 0 bridgehead atoms. The summed E-state index contributed by atoms with van der Waals surface area (Å²) in [6.07, 6.45) is 1.14. The lowest BCUT2D eigenvalue weighted by Gasteiger charge is -2.28. The van der Waals surface area contributed by atoms with Crippen LogP contribution in [0.15, 0.2) is 24.3 Å². The lowest BCUT2D eigenvalue weighted by molar-refractivity contribution is 0.364.